The summed E-state index contributed by atoms with van der Waals surface area (Å²) in [6.45, 7) is 2.05. The van der Waals surface area contributed by atoms with Crippen LogP contribution in [-0.2, 0) is 9.59 Å². The number of likely N-dealkylation sites (tertiary alicyclic amines) is 1. The van der Waals surface area contributed by atoms with Crippen molar-refractivity contribution in [2.45, 2.75) is 61.1 Å². The van der Waals surface area contributed by atoms with Crippen molar-refractivity contribution in [1.82, 2.24) is 4.90 Å². The van der Waals surface area contributed by atoms with Crippen LogP contribution in [0.1, 0.15) is 45.4 Å². The van der Waals surface area contributed by atoms with Gasteiger partial charge in [0, 0.05) is 15.7 Å². The summed E-state index contributed by atoms with van der Waals surface area (Å²) in [4.78, 5) is 28.5. The first kappa shape index (κ1) is 14.7. The number of carbonyl (C=O) groups excluding carboxylic acids is 2. The first-order chi connectivity index (χ1) is 9.98. The molecule has 3 saturated carbocycles. The standard InChI is InChI=1S/C16H21Br2NO2/c1-16-10-7-9(12(17)13(10)18)11(16)14(20)19(15(16)21)8-5-3-2-4-6-8/h8-13H,2-7H2,1H3/t9-,10-,11+,12-,13+,16+/m1/s1. The van der Waals surface area contributed by atoms with Crippen LogP contribution in [0.3, 0.4) is 0 Å². The molecule has 4 aliphatic rings. The fourth-order valence-electron chi connectivity index (χ4n) is 5.51. The third kappa shape index (κ3) is 1.71. The highest BCUT2D eigenvalue weighted by Gasteiger charge is 2.73. The van der Waals surface area contributed by atoms with Gasteiger partial charge in [-0.2, -0.15) is 0 Å². The van der Waals surface area contributed by atoms with Crippen LogP contribution < -0.4 is 0 Å². The predicted molar refractivity (Wildman–Crippen MR) is 87.4 cm³/mol. The van der Waals surface area contributed by atoms with E-state index in [2.05, 4.69) is 38.8 Å². The number of alkyl halides is 2. The Balaban J connectivity index is 1.70. The lowest BCUT2D eigenvalue weighted by molar-refractivity contribution is -0.145. The van der Waals surface area contributed by atoms with Crippen LogP contribution in [0, 0.1) is 23.2 Å². The summed E-state index contributed by atoms with van der Waals surface area (Å²) in [5.41, 5.74) is -0.461. The second-order valence-corrected chi connectivity index (χ2v) is 9.58. The first-order valence-corrected chi connectivity index (χ1v) is 9.96. The highest BCUT2D eigenvalue weighted by Crippen LogP contribution is 2.66. The fourth-order valence-corrected chi connectivity index (χ4v) is 7.55. The summed E-state index contributed by atoms with van der Waals surface area (Å²) in [6.07, 6.45) is 6.56. The lowest BCUT2D eigenvalue weighted by Gasteiger charge is -2.37. The molecule has 1 saturated heterocycles. The van der Waals surface area contributed by atoms with Gasteiger partial charge in [0.25, 0.3) is 0 Å². The minimum absolute atomic E-state index is 0.0879. The van der Waals surface area contributed by atoms with Crippen LogP contribution in [0.4, 0.5) is 0 Å². The van der Waals surface area contributed by atoms with Crippen molar-refractivity contribution in [3.63, 3.8) is 0 Å². The molecule has 0 radical (unpaired) electrons. The Bertz CT molecular complexity index is 505. The van der Waals surface area contributed by atoms with Crippen LogP contribution in [0.5, 0.6) is 0 Å². The van der Waals surface area contributed by atoms with Gasteiger partial charge in [0.15, 0.2) is 0 Å². The van der Waals surface area contributed by atoms with Crippen molar-refractivity contribution < 1.29 is 9.59 Å². The van der Waals surface area contributed by atoms with E-state index in [-0.39, 0.29) is 23.8 Å². The van der Waals surface area contributed by atoms with Crippen LogP contribution in [0.15, 0.2) is 0 Å². The number of hydrogen-bond acceptors (Lipinski definition) is 2. The van der Waals surface area contributed by atoms with Gasteiger partial charge in [-0.3, -0.25) is 14.5 Å². The molecule has 21 heavy (non-hydrogen) atoms. The van der Waals surface area contributed by atoms with E-state index in [1.54, 1.807) is 4.90 Å². The highest BCUT2D eigenvalue weighted by atomic mass is 79.9. The maximum Gasteiger partial charge on any atom is 0.236 e. The molecule has 1 heterocycles. The van der Waals surface area contributed by atoms with E-state index >= 15 is 0 Å². The minimum Gasteiger partial charge on any atom is -0.279 e. The first-order valence-electron chi connectivity index (χ1n) is 8.13. The monoisotopic (exact) mass is 417 g/mol. The van der Waals surface area contributed by atoms with E-state index in [0.717, 1.165) is 32.1 Å². The molecule has 0 aromatic carbocycles. The van der Waals surface area contributed by atoms with E-state index in [9.17, 15) is 9.59 Å². The van der Waals surface area contributed by atoms with Gasteiger partial charge < -0.3 is 0 Å². The van der Waals surface area contributed by atoms with Crippen molar-refractivity contribution in [3.8, 4) is 0 Å². The van der Waals surface area contributed by atoms with E-state index in [0.29, 0.717) is 21.5 Å². The van der Waals surface area contributed by atoms with Crippen molar-refractivity contribution in [3.05, 3.63) is 0 Å². The normalized spacial score (nSPS) is 50.0. The van der Waals surface area contributed by atoms with Crippen molar-refractivity contribution in [2.75, 3.05) is 0 Å². The Kier molecular flexibility index (Phi) is 3.35. The molecule has 2 bridgehead atoms. The topological polar surface area (TPSA) is 37.4 Å². The van der Waals surface area contributed by atoms with Gasteiger partial charge in [-0.15, -0.1) is 0 Å². The summed E-state index contributed by atoms with van der Waals surface area (Å²) in [7, 11) is 0. The summed E-state index contributed by atoms with van der Waals surface area (Å²) >= 11 is 7.52. The fraction of sp³-hybridized carbons (Fsp3) is 0.875. The largest absolute Gasteiger partial charge is 0.279 e. The molecule has 0 N–H and O–H groups in total. The van der Waals surface area contributed by atoms with Gasteiger partial charge in [0.2, 0.25) is 11.8 Å². The number of rotatable bonds is 1. The molecule has 0 unspecified atom stereocenters. The lowest BCUT2D eigenvalue weighted by Crippen LogP contribution is -2.46. The van der Waals surface area contributed by atoms with Gasteiger partial charge in [-0.25, -0.2) is 0 Å². The van der Waals surface area contributed by atoms with Crippen molar-refractivity contribution in [2.24, 2.45) is 23.2 Å². The van der Waals surface area contributed by atoms with E-state index in [1.165, 1.54) is 6.42 Å². The average molecular weight is 419 g/mol. The predicted octanol–water partition coefficient (Wildman–Crippen LogP) is 3.49. The molecule has 3 nitrogen and oxygen atoms in total. The van der Waals surface area contributed by atoms with Gasteiger partial charge in [0.1, 0.15) is 0 Å². The second-order valence-electron chi connectivity index (χ2n) is 7.46. The molecule has 4 fully saturated rings. The zero-order valence-corrected chi connectivity index (χ0v) is 15.4. The molecule has 3 aliphatic carbocycles. The number of amides is 2. The van der Waals surface area contributed by atoms with Crippen LogP contribution in [0.2, 0.25) is 0 Å². The van der Waals surface area contributed by atoms with E-state index < -0.39 is 5.41 Å². The number of nitrogens with zero attached hydrogens (tertiary/aromatic N) is 1. The molecule has 1 aliphatic heterocycles. The second kappa shape index (κ2) is 4.80. The van der Waals surface area contributed by atoms with Crippen molar-refractivity contribution >= 4 is 43.7 Å². The Labute approximate surface area is 142 Å². The maximum absolute atomic E-state index is 13.1. The molecule has 6 atom stereocenters. The number of hydrogen-bond donors (Lipinski definition) is 0. The van der Waals surface area contributed by atoms with E-state index in [1.807, 2.05) is 0 Å². The minimum atomic E-state index is -0.461. The lowest BCUT2D eigenvalue weighted by atomic mass is 9.69. The molecule has 5 heteroatoms. The number of carbonyl (C=O) groups is 2. The number of halogens is 2. The van der Waals surface area contributed by atoms with Gasteiger partial charge in [-0.05, 0) is 38.0 Å². The Morgan fingerprint density at radius 1 is 1.10 bits per heavy atom. The molecular weight excluding hydrogens is 398 g/mol. The van der Waals surface area contributed by atoms with Gasteiger partial charge in [-0.1, -0.05) is 51.1 Å². The molecule has 0 aromatic rings. The highest BCUT2D eigenvalue weighted by molar-refractivity contribution is 9.12. The molecule has 0 aromatic heterocycles. The summed E-state index contributed by atoms with van der Waals surface area (Å²) in [5.74, 6) is 0.776. The SMILES string of the molecule is C[C@@]12C(=O)N(C3CCCCC3)C(=O)[C@@H]1[C@H]1C[C@@H]2[C@H](Br)[C@@H]1Br. The Hall–Kier alpha value is 0.1000. The molecule has 116 valence electrons. The number of imide groups is 1. The zero-order valence-electron chi connectivity index (χ0n) is 12.2. The third-order valence-electron chi connectivity index (χ3n) is 6.59. The van der Waals surface area contributed by atoms with E-state index in [4.69, 9.17) is 0 Å². The summed E-state index contributed by atoms with van der Waals surface area (Å²) in [5, 5.41) is 0. The summed E-state index contributed by atoms with van der Waals surface area (Å²) < 4.78 is 0. The molecule has 0 spiro atoms. The molecular formula is C16H21Br2NO2. The van der Waals surface area contributed by atoms with Crippen LogP contribution in [0.25, 0.3) is 0 Å². The van der Waals surface area contributed by atoms with Gasteiger partial charge in [0.05, 0.1) is 11.3 Å². The third-order valence-corrected chi connectivity index (χ3v) is 9.76. The van der Waals surface area contributed by atoms with Gasteiger partial charge >= 0.3 is 0 Å². The van der Waals surface area contributed by atoms with Crippen LogP contribution in [-0.4, -0.2) is 32.4 Å². The molecule has 2 amide bonds. The van der Waals surface area contributed by atoms with Crippen LogP contribution >= 0.6 is 31.9 Å². The summed E-state index contributed by atoms with van der Waals surface area (Å²) in [6, 6.07) is 0.170. The maximum atomic E-state index is 13.1. The smallest absolute Gasteiger partial charge is 0.236 e. The zero-order chi connectivity index (χ0) is 14.9. The average Bonchev–Trinajstić information content (AvgIpc) is 3.01. The van der Waals surface area contributed by atoms with Crippen molar-refractivity contribution in [1.29, 1.82) is 0 Å². The number of fused-ring (bicyclic) bond motifs is 5. The Morgan fingerprint density at radius 3 is 2.43 bits per heavy atom. The Morgan fingerprint density at radius 2 is 1.76 bits per heavy atom. The quantitative estimate of drug-likeness (QED) is 0.482. The molecule has 4 rings (SSSR count).